The van der Waals surface area contributed by atoms with E-state index in [1.807, 2.05) is 41.6 Å². The molecule has 142 valence electrons. The number of piperidine rings is 1. The quantitative estimate of drug-likeness (QED) is 0.756. The summed E-state index contributed by atoms with van der Waals surface area (Å²) in [5.74, 6) is 1.52. The molecule has 1 N–H and O–H groups in total. The molecule has 6 heteroatoms. The van der Waals surface area contributed by atoms with Gasteiger partial charge in [0.25, 0.3) is 5.91 Å². The fourth-order valence-electron chi connectivity index (χ4n) is 3.91. The van der Waals surface area contributed by atoms with Crippen molar-refractivity contribution in [3.63, 3.8) is 0 Å². The first-order chi connectivity index (χ1) is 13.1. The highest BCUT2D eigenvalue weighted by Crippen LogP contribution is 2.27. The van der Waals surface area contributed by atoms with Crippen LogP contribution < -0.4 is 0 Å². The van der Waals surface area contributed by atoms with Crippen LogP contribution in [-0.4, -0.2) is 64.0 Å². The number of amides is 1. The SMILES string of the molecule is CN(C)CCn1ccnc1[C@@H]1CCCN(C(=O)c2ccc3cc[nH]c3c2)C1. The minimum atomic E-state index is 0.114. The fraction of sp³-hybridized carbons (Fsp3) is 0.429. The average molecular weight is 365 g/mol. The van der Waals surface area contributed by atoms with Crippen LogP contribution in [-0.2, 0) is 6.54 Å². The number of aromatic amines is 1. The van der Waals surface area contributed by atoms with Crippen molar-refractivity contribution in [2.45, 2.75) is 25.3 Å². The van der Waals surface area contributed by atoms with E-state index in [1.54, 1.807) is 0 Å². The van der Waals surface area contributed by atoms with Crippen LogP contribution in [0.15, 0.2) is 42.9 Å². The minimum Gasteiger partial charge on any atom is -0.361 e. The van der Waals surface area contributed by atoms with Gasteiger partial charge in [-0.15, -0.1) is 0 Å². The first-order valence-corrected chi connectivity index (χ1v) is 9.64. The molecule has 0 radical (unpaired) electrons. The molecule has 0 aliphatic carbocycles. The number of likely N-dealkylation sites (N-methyl/N-ethyl adjacent to an activating group) is 1. The number of likely N-dealkylation sites (tertiary alicyclic amines) is 1. The molecule has 4 rings (SSSR count). The zero-order valence-corrected chi connectivity index (χ0v) is 16.1. The average Bonchev–Trinajstić information content (AvgIpc) is 3.34. The van der Waals surface area contributed by atoms with Gasteiger partial charge in [0, 0.05) is 61.8 Å². The van der Waals surface area contributed by atoms with Gasteiger partial charge in [-0.3, -0.25) is 4.79 Å². The second-order valence-corrected chi connectivity index (χ2v) is 7.65. The predicted octanol–water partition coefficient (Wildman–Crippen LogP) is 2.95. The molecule has 1 saturated heterocycles. The van der Waals surface area contributed by atoms with E-state index in [4.69, 9.17) is 0 Å². The van der Waals surface area contributed by atoms with E-state index in [1.165, 1.54) is 0 Å². The molecule has 1 fully saturated rings. The highest BCUT2D eigenvalue weighted by atomic mass is 16.2. The van der Waals surface area contributed by atoms with Crippen molar-refractivity contribution >= 4 is 16.8 Å². The molecule has 1 aromatic carbocycles. The van der Waals surface area contributed by atoms with Crippen molar-refractivity contribution in [3.8, 4) is 0 Å². The van der Waals surface area contributed by atoms with E-state index in [0.717, 1.165) is 61.3 Å². The Kier molecular flexibility index (Phi) is 4.99. The number of fused-ring (bicyclic) bond motifs is 1. The van der Waals surface area contributed by atoms with E-state index >= 15 is 0 Å². The zero-order valence-electron chi connectivity index (χ0n) is 16.1. The molecule has 0 spiro atoms. The molecule has 3 heterocycles. The number of aromatic nitrogens is 3. The van der Waals surface area contributed by atoms with Crippen LogP contribution >= 0.6 is 0 Å². The van der Waals surface area contributed by atoms with Crippen molar-refractivity contribution in [2.75, 3.05) is 33.7 Å². The Bertz CT molecular complexity index is 925. The Hall–Kier alpha value is -2.60. The lowest BCUT2D eigenvalue weighted by molar-refractivity contribution is 0.0703. The number of carbonyl (C=O) groups excluding carboxylic acids is 1. The van der Waals surface area contributed by atoms with Gasteiger partial charge in [-0.2, -0.15) is 0 Å². The Morgan fingerprint density at radius 1 is 1.33 bits per heavy atom. The molecule has 2 aromatic heterocycles. The number of hydrogen-bond donors (Lipinski definition) is 1. The lowest BCUT2D eigenvalue weighted by atomic mass is 9.96. The smallest absolute Gasteiger partial charge is 0.253 e. The number of H-pyrrole nitrogens is 1. The lowest BCUT2D eigenvalue weighted by Crippen LogP contribution is -2.39. The van der Waals surface area contributed by atoms with Crippen molar-refractivity contribution in [1.29, 1.82) is 0 Å². The van der Waals surface area contributed by atoms with Gasteiger partial charge in [0.1, 0.15) is 5.82 Å². The summed E-state index contributed by atoms with van der Waals surface area (Å²) in [4.78, 5) is 25.0. The molecule has 0 saturated carbocycles. The molecule has 27 heavy (non-hydrogen) atoms. The summed E-state index contributed by atoms with van der Waals surface area (Å²) in [5.41, 5.74) is 1.76. The van der Waals surface area contributed by atoms with Crippen molar-refractivity contribution in [3.05, 3.63) is 54.2 Å². The molecule has 0 unspecified atom stereocenters. The first-order valence-electron chi connectivity index (χ1n) is 9.64. The summed E-state index contributed by atoms with van der Waals surface area (Å²) in [6, 6.07) is 7.92. The van der Waals surface area contributed by atoms with Gasteiger partial charge in [-0.1, -0.05) is 6.07 Å². The number of benzene rings is 1. The molecular formula is C21H27N5O. The third-order valence-corrected chi connectivity index (χ3v) is 5.41. The number of hydrogen-bond acceptors (Lipinski definition) is 3. The van der Waals surface area contributed by atoms with Gasteiger partial charge in [0.2, 0.25) is 0 Å². The summed E-state index contributed by atoms with van der Waals surface area (Å²) in [7, 11) is 4.16. The molecule has 1 aliphatic rings. The second-order valence-electron chi connectivity index (χ2n) is 7.65. The van der Waals surface area contributed by atoms with Crippen molar-refractivity contribution in [2.24, 2.45) is 0 Å². The number of nitrogens with zero attached hydrogens (tertiary/aromatic N) is 4. The van der Waals surface area contributed by atoms with E-state index in [9.17, 15) is 4.79 Å². The van der Waals surface area contributed by atoms with Crippen LogP contribution in [0.4, 0.5) is 0 Å². The van der Waals surface area contributed by atoms with E-state index in [2.05, 4.69) is 39.7 Å². The maximum absolute atomic E-state index is 13.1. The topological polar surface area (TPSA) is 57.2 Å². The third kappa shape index (κ3) is 3.76. The van der Waals surface area contributed by atoms with Gasteiger partial charge < -0.3 is 19.4 Å². The summed E-state index contributed by atoms with van der Waals surface area (Å²) in [6.45, 7) is 3.46. The standard InChI is InChI=1S/C21H27N5O/c1-24(2)12-13-25-11-9-23-20(25)18-4-3-10-26(15-18)21(27)17-6-5-16-7-8-22-19(16)14-17/h5-9,11,14,18,22H,3-4,10,12-13,15H2,1-2H3/t18-/m1/s1. The Morgan fingerprint density at radius 2 is 2.22 bits per heavy atom. The van der Waals surface area contributed by atoms with Gasteiger partial charge in [0.15, 0.2) is 0 Å². The van der Waals surface area contributed by atoms with E-state index in [-0.39, 0.29) is 5.91 Å². The van der Waals surface area contributed by atoms with Gasteiger partial charge in [-0.05, 0) is 50.5 Å². The maximum Gasteiger partial charge on any atom is 0.253 e. The number of carbonyl (C=O) groups is 1. The Balaban J connectivity index is 1.49. The summed E-state index contributed by atoms with van der Waals surface area (Å²) >= 11 is 0. The minimum absolute atomic E-state index is 0.114. The predicted molar refractivity (Wildman–Crippen MR) is 107 cm³/mol. The van der Waals surface area contributed by atoms with Crippen molar-refractivity contribution in [1.82, 2.24) is 24.3 Å². The normalized spacial score (nSPS) is 17.7. The Labute approximate surface area is 159 Å². The van der Waals surface area contributed by atoms with Gasteiger partial charge >= 0.3 is 0 Å². The van der Waals surface area contributed by atoms with Crippen LogP contribution in [0.2, 0.25) is 0 Å². The molecule has 1 atom stereocenters. The lowest BCUT2D eigenvalue weighted by Gasteiger charge is -2.33. The number of nitrogens with one attached hydrogen (secondary N) is 1. The van der Waals surface area contributed by atoms with Crippen LogP contribution in [0.5, 0.6) is 0 Å². The Morgan fingerprint density at radius 3 is 3.07 bits per heavy atom. The summed E-state index contributed by atoms with van der Waals surface area (Å²) in [5, 5.41) is 1.13. The van der Waals surface area contributed by atoms with E-state index < -0.39 is 0 Å². The van der Waals surface area contributed by atoms with Crippen LogP contribution in [0.3, 0.4) is 0 Å². The van der Waals surface area contributed by atoms with Crippen LogP contribution in [0.25, 0.3) is 10.9 Å². The highest BCUT2D eigenvalue weighted by molar-refractivity contribution is 5.98. The molecular weight excluding hydrogens is 338 g/mol. The molecule has 1 aliphatic heterocycles. The highest BCUT2D eigenvalue weighted by Gasteiger charge is 2.28. The molecule has 0 bridgehead atoms. The molecule has 6 nitrogen and oxygen atoms in total. The van der Waals surface area contributed by atoms with E-state index in [0.29, 0.717) is 5.92 Å². The van der Waals surface area contributed by atoms with Gasteiger partial charge in [-0.25, -0.2) is 4.98 Å². The second kappa shape index (κ2) is 7.56. The van der Waals surface area contributed by atoms with Crippen LogP contribution in [0, 0.1) is 0 Å². The molecule has 1 amide bonds. The number of imidazole rings is 1. The summed E-state index contributed by atoms with van der Waals surface area (Å²) in [6.07, 6.45) is 7.94. The first kappa shape index (κ1) is 17.8. The fourth-order valence-corrected chi connectivity index (χ4v) is 3.91. The number of rotatable bonds is 5. The van der Waals surface area contributed by atoms with Crippen LogP contribution in [0.1, 0.15) is 34.9 Å². The monoisotopic (exact) mass is 365 g/mol. The summed E-state index contributed by atoms with van der Waals surface area (Å²) < 4.78 is 2.24. The maximum atomic E-state index is 13.1. The largest absolute Gasteiger partial charge is 0.361 e. The van der Waals surface area contributed by atoms with Crippen molar-refractivity contribution < 1.29 is 4.79 Å². The van der Waals surface area contributed by atoms with Gasteiger partial charge in [0.05, 0.1) is 0 Å². The third-order valence-electron chi connectivity index (χ3n) is 5.41. The molecule has 3 aromatic rings. The zero-order chi connectivity index (χ0) is 18.8.